The number of unbranched alkanes of at least 4 members (excludes halogenated alkanes) is 1. The van der Waals surface area contributed by atoms with Gasteiger partial charge >= 0.3 is 0 Å². The molecule has 0 aliphatic heterocycles. The fraction of sp³-hybridized carbons (Fsp3) is 0.889. The molecule has 0 bridgehead atoms. The third-order valence-corrected chi connectivity index (χ3v) is 3.67. The molecule has 0 aromatic rings. The molecule has 0 atom stereocenters. The van der Waals surface area contributed by atoms with E-state index in [0.29, 0.717) is 45.4 Å². The van der Waals surface area contributed by atoms with Crippen LogP contribution in [0.15, 0.2) is 4.99 Å². The van der Waals surface area contributed by atoms with Gasteiger partial charge in [-0.05, 0) is 32.6 Å². The fourth-order valence-corrected chi connectivity index (χ4v) is 2.11. The zero-order valence-electron chi connectivity index (χ0n) is 15.9. The SMILES string of the molecule is CCCCOCCOCCNC(=NCCCC(=O)NC1CC1)NCC. The standard InChI is InChI=1S/C18H36N4O3/c1-3-5-12-24-14-15-25-13-11-21-18(19-4-2)20-10-6-7-17(23)22-16-8-9-16/h16H,3-15H2,1-2H3,(H,22,23)(H2,19,20,21). The highest BCUT2D eigenvalue weighted by Crippen LogP contribution is 2.18. The Morgan fingerprint density at radius 3 is 2.48 bits per heavy atom. The molecule has 1 saturated carbocycles. The van der Waals surface area contributed by atoms with Crippen LogP contribution >= 0.6 is 0 Å². The third kappa shape index (κ3) is 13.6. The Kier molecular flexibility index (Phi) is 13.0. The van der Waals surface area contributed by atoms with Crippen molar-refractivity contribution >= 4 is 11.9 Å². The van der Waals surface area contributed by atoms with Crippen LogP contribution in [0.25, 0.3) is 0 Å². The molecular formula is C18H36N4O3. The normalized spacial score (nSPS) is 14.4. The lowest BCUT2D eigenvalue weighted by Crippen LogP contribution is -2.39. The summed E-state index contributed by atoms with van der Waals surface area (Å²) in [5.74, 6) is 0.915. The Morgan fingerprint density at radius 2 is 1.80 bits per heavy atom. The van der Waals surface area contributed by atoms with Crippen LogP contribution in [-0.2, 0) is 14.3 Å². The molecule has 1 fully saturated rings. The van der Waals surface area contributed by atoms with Crippen molar-refractivity contribution < 1.29 is 14.3 Å². The Hall–Kier alpha value is -1.34. The third-order valence-electron chi connectivity index (χ3n) is 3.67. The first-order valence-electron chi connectivity index (χ1n) is 9.73. The van der Waals surface area contributed by atoms with E-state index in [-0.39, 0.29) is 5.91 Å². The maximum Gasteiger partial charge on any atom is 0.220 e. The lowest BCUT2D eigenvalue weighted by Gasteiger charge is -2.11. The van der Waals surface area contributed by atoms with Gasteiger partial charge in [0.2, 0.25) is 5.91 Å². The molecule has 0 heterocycles. The highest BCUT2D eigenvalue weighted by Gasteiger charge is 2.22. The Bertz CT molecular complexity index is 373. The lowest BCUT2D eigenvalue weighted by molar-refractivity contribution is -0.121. The molecular weight excluding hydrogens is 320 g/mol. The van der Waals surface area contributed by atoms with Crippen molar-refractivity contribution in [2.45, 2.75) is 58.4 Å². The van der Waals surface area contributed by atoms with Crippen molar-refractivity contribution in [3.05, 3.63) is 0 Å². The minimum Gasteiger partial charge on any atom is -0.379 e. The van der Waals surface area contributed by atoms with Gasteiger partial charge in [0, 0.05) is 38.7 Å². The number of amides is 1. The molecule has 1 aliphatic carbocycles. The van der Waals surface area contributed by atoms with Gasteiger partial charge in [-0.3, -0.25) is 9.79 Å². The molecule has 7 nitrogen and oxygen atoms in total. The molecule has 1 rings (SSSR count). The molecule has 0 aromatic carbocycles. The van der Waals surface area contributed by atoms with Crippen molar-refractivity contribution in [1.82, 2.24) is 16.0 Å². The minimum absolute atomic E-state index is 0.144. The van der Waals surface area contributed by atoms with E-state index in [9.17, 15) is 4.79 Å². The molecule has 0 radical (unpaired) electrons. The van der Waals surface area contributed by atoms with Gasteiger partial charge in [0.15, 0.2) is 5.96 Å². The van der Waals surface area contributed by atoms with Crippen LogP contribution in [0.3, 0.4) is 0 Å². The van der Waals surface area contributed by atoms with E-state index in [2.05, 4.69) is 27.9 Å². The van der Waals surface area contributed by atoms with E-state index in [0.717, 1.165) is 51.2 Å². The van der Waals surface area contributed by atoms with Gasteiger partial charge in [0.25, 0.3) is 0 Å². The van der Waals surface area contributed by atoms with E-state index >= 15 is 0 Å². The molecule has 0 aromatic heterocycles. The summed E-state index contributed by atoms with van der Waals surface area (Å²) in [5.41, 5.74) is 0. The van der Waals surface area contributed by atoms with E-state index in [1.165, 1.54) is 0 Å². The Balaban J connectivity index is 2.00. The van der Waals surface area contributed by atoms with Crippen molar-refractivity contribution in [2.24, 2.45) is 4.99 Å². The zero-order valence-corrected chi connectivity index (χ0v) is 15.9. The average Bonchev–Trinajstić information content (AvgIpc) is 3.41. The second kappa shape index (κ2) is 15.0. The summed E-state index contributed by atoms with van der Waals surface area (Å²) in [5, 5.41) is 9.42. The number of nitrogens with one attached hydrogen (secondary N) is 3. The second-order valence-electron chi connectivity index (χ2n) is 6.21. The number of guanidine groups is 1. The summed E-state index contributed by atoms with van der Waals surface area (Å²) >= 11 is 0. The number of nitrogens with zero attached hydrogens (tertiary/aromatic N) is 1. The maximum absolute atomic E-state index is 11.6. The van der Waals surface area contributed by atoms with Gasteiger partial charge in [-0.1, -0.05) is 13.3 Å². The number of carbonyl (C=O) groups is 1. The number of hydrogen-bond acceptors (Lipinski definition) is 4. The number of hydrogen-bond donors (Lipinski definition) is 3. The van der Waals surface area contributed by atoms with Gasteiger partial charge in [-0.15, -0.1) is 0 Å². The molecule has 0 unspecified atom stereocenters. The van der Waals surface area contributed by atoms with Crippen LogP contribution in [0.4, 0.5) is 0 Å². The average molecular weight is 357 g/mol. The van der Waals surface area contributed by atoms with Gasteiger partial charge in [-0.25, -0.2) is 0 Å². The molecule has 0 saturated heterocycles. The van der Waals surface area contributed by atoms with Crippen LogP contribution in [0.2, 0.25) is 0 Å². The molecule has 146 valence electrons. The molecule has 7 heteroatoms. The van der Waals surface area contributed by atoms with E-state index < -0.39 is 0 Å². The lowest BCUT2D eigenvalue weighted by atomic mass is 10.3. The highest BCUT2D eigenvalue weighted by molar-refractivity contribution is 5.80. The predicted molar refractivity (Wildman–Crippen MR) is 101 cm³/mol. The summed E-state index contributed by atoms with van der Waals surface area (Å²) in [6.45, 7) is 9.02. The summed E-state index contributed by atoms with van der Waals surface area (Å²) in [6, 6.07) is 0.437. The van der Waals surface area contributed by atoms with Crippen molar-refractivity contribution in [3.63, 3.8) is 0 Å². The van der Waals surface area contributed by atoms with Crippen molar-refractivity contribution in [1.29, 1.82) is 0 Å². The zero-order chi connectivity index (χ0) is 18.2. The summed E-state index contributed by atoms with van der Waals surface area (Å²) < 4.78 is 11.0. The maximum atomic E-state index is 11.6. The summed E-state index contributed by atoms with van der Waals surface area (Å²) in [6.07, 6.45) is 5.83. The van der Waals surface area contributed by atoms with Gasteiger partial charge in [-0.2, -0.15) is 0 Å². The summed E-state index contributed by atoms with van der Waals surface area (Å²) in [4.78, 5) is 16.1. The van der Waals surface area contributed by atoms with Crippen LogP contribution in [-0.4, -0.2) is 64.0 Å². The van der Waals surface area contributed by atoms with Crippen LogP contribution < -0.4 is 16.0 Å². The van der Waals surface area contributed by atoms with Crippen LogP contribution in [0.5, 0.6) is 0 Å². The molecule has 3 N–H and O–H groups in total. The summed E-state index contributed by atoms with van der Waals surface area (Å²) in [7, 11) is 0. The fourth-order valence-electron chi connectivity index (χ4n) is 2.11. The quantitative estimate of drug-likeness (QED) is 0.235. The van der Waals surface area contributed by atoms with Crippen LogP contribution in [0.1, 0.15) is 52.4 Å². The first-order valence-corrected chi connectivity index (χ1v) is 9.73. The van der Waals surface area contributed by atoms with E-state index in [4.69, 9.17) is 9.47 Å². The largest absolute Gasteiger partial charge is 0.379 e. The number of rotatable bonds is 15. The Morgan fingerprint density at radius 1 is 1.04 bits per heavy atom. The number of aliphatic imine (C=N–C) groups is 1. The van der Waals surface area contributed by atoms with Crippen molar-refractivity contribution in [3.8, 4) is 0 Å². The first-order chi connectivity index (χ1) is 12.3. The van der Waals surface area contributed by atoms with Gasteiger partial charge in [0.05, 0.1) is 19.8 Å². The van der Waals surface area contributed by atoms with E-state index in [1.807, 2.05) is 6.92 Å². The molecule has 1 aliphatic rings. The van der Waals surface area contributed by atoms with Gasteiger partial charge < -0.3 is 25.4 Å². The monoisotopic (exact) mass is 356 g/mol. The van der Waals surface area contributed by atoms with E-state index in [1.54, 1.807) is 0 Å². The minimum atomic E-state index is 0.144. The second-order valence-corrected chi connectivity index (χ2v) is 6.21. The predicted octanol–water partition coefficient (Wildman–Crippen LogP) is 1.43. The molecule has 0 spiro atoms. The molecule has 25 heavy (non-hydrogen) atoms. The first kappa shape index (κ1) is 21.7. The topological polar surface area (TPSA) is 84.0 Å². The van der Waals surface area contributed by atoms with Crippen molar-refractivity contribution in [2.75, 3.05) is 46.1 Å². The Labute approximate surface area is 152 Å². The molecule has 1 amide bonds. The smallest absolute Gasteiger partial charge is 0.220 e. The highest BCUT2D eigenvalue weighted by atomic mass is 16.5. The van der Waals surface area contributed by atoms with Gasteiger partial charge in [0.1, 0.15) is 0 Å². The number of ether oxygens (including phenoxy) is 2. The number of carbonyl (C=O) groups excluding carboxylic acids is 1. The van der Waals surface area contributed by atoms with Crippen LogP contribution in [0, 0.1) is 0 Å².